The van der Waals surface area contributed by atoms with Gasteiger partial charge in [-0.3, -0.25) is 4.79 Å². The van der Waals surface area contributed by atoms with Crippen molar-refractivity contribution < 1.29 is 9.21 Å². The standard InChI is InChI=1S/C22H29N5O3/c1-15-12-18(17-5-9-23-10-6-17)30-21(29)19(15)20(28)26-13-16-4-2-11-27(14-16)22-24-7-3-8-25-22/h3,7-8,12,16-17,23H,2,4-6,9-11,13-14H2,1H3,(H,26,28). The van der Waals surface area contributed by atoms with Gasteiger partial charge < -0.3 is 20.0 Å². The van der Waals surface area contributed by atoms with Crippen LogP contribution in [0.4, 0.5) is 5.95 Å². The molecule has 8 nitrogen and oxygen atoms in total. The molecular formula is C22H29N5O3. The molecule has 2 aliphatic heterocycles. The predicted octanol–water partition coefficient (Wildman–Crippen LogP) is 1.85. The third kappa shape index (κ3) is 4.70. The summed E-state index contributed by atoms with van der Waals surface area (Å²) >= 11 is 0. The van der Waals surface area contributed by atoms with Crippen molar-refractivity contribution >= 4 is 11.9 Å². The zero-order valence-corrected chi connectivity index (χ0v) is 17.4. The van der Waals surface area contributed by atoms with Gasteiger partial charge in [-0.25, -0.2) is 14.8 Å². The number of carbonyl (C=O) groups excluding carboxylic acids is 1. The lowest BCUT2D eigenvalue weighted by molar-refractivity contribution is 0.0940. The van der Waals surface area contributed by atoms with Crippen LogP contribution in [-0.4, -0.2) is 48.6 Å². The van der Waals surface area contributed by atoms with E-state index in [1.165, 1.54) is 0 Å². The number of hydrogen-bond donors (Lipinski definition) is 2. The molecule has 1 amide bonds. The smallest absolute Gasteiger partial charge is 0.349 e. The van der Waals surface area contributed by atoms with Crippen molar-refractivity contribution in [3.05, 3.63) is 51.8 Å². The average molecular weight is 412 g/mol. The van der Waals surface area contributed by atoms with Crippen molar-refractivity contribution in [3.8, 4) is 0 Å². The summed E-state index contributed by atoms with van der Waals surface area (Å²) in [6.45, 7) is 5.86. The zero-order valence-electron chi connectivity index (χ0n) is 17.4. The molecule has 4 heterocycles. The van der Waals surface area contributed by atoms with Crippen LogP contribution < -0.4 is 21.2 Å². The Morgan fingerprint density at radius 3 is 2.77 bits per heavy atom. The Bertz CT molecular complexity index is 924. The topological polar surface area (TPSA) is 100 Å². The number of carbonyl (C=O) groups is 1. The van der Waals surface area contributed by atoms with Crippen molar-refractivity contribution in [2.75, 3.05) is 37.6 Å². The minimum atomic E-state index is -0.538. The molecule has 8 heteroatoms. The van der Waals surface area contributed by atoms with E-state index in [9.17, 15) is 9.59 Å². The first-order valence-electron chi connectivity index (χ1n) is 10.8. The molecule has 160 valence electrons. The average Bonchev–Trinajstić information content (AvgIpc) is 2.78. The second-order valence-corrected chi connectivity index (χ2v) is 8.23. The first-order chi connectivity index (χ1) is 14.6. The number of amides is 1. The molecule has 30 heavy (non-hydrogen) atoms. The highest BCUT2D eigenvalue weighted by Crippen LogP contribution is 2.25. The predicted molar refractivity (Wildman–Crippen MR) is 114 cm³/mol. The number of hydrogen-bond acceptors (Lipinski definition) is 7. The van der Waals surface area contributed by atoms with Crippen LogP contribution in [0.2, 0.25) is 0 Å². The van der Waals surface area contributed by atoms with Gasteiger partial charge in [-0.2, -0.15) is 0 Å². The summed E-state index contributed by atoms with van der Waals surface area (Å²) in [6, 6.07) is 3.66. The van der Waals surface area contributed by atoms with Crippen molar-refractivity contribution in [3.63, 3.8) is 0 Å². The second-order valence-electron chi connectivity index (χ2n) is 8.23. The maximum atomic E-state index is 12.7. The summed E-state index contributed by atoms with van der Waals surface area (Å²) in [5, 5.41) is 6.25. The van der Waals surface area contributed by atoms with Gasteiger partial charge >= 0.3 is 5.63 Å². The summed E-state index contributed by atoms with van der Waals surface area (Å²) in [5.41, 5.74) is 0.260. The number of nitrogens with zero attached hydrogens (tertiary/aromatic N) is 3. The Hall–Kier alpha value is -2.74. The molecule has 1 atom stereocenters. The summed E-state index contributed by atoms with van der Waals surface area (Å²) in [7, 11) is 0. The Balaban J connectivity index is 1.38. The fraction of sp³-hybridized carbons (Fsp3) is 0.545. The van der Waals surface area contributed by atoms with E-state index in [1.807, 2.05) is 13.0 Å². The van der Waals surface area contributed by atoms with Crippen LogP contribution in [0.1, 0.15) is 53.3 Å². The molecule has 2 aromatic heterocycles. The molecule has 0 radical (unpaired) electrons. The van der Waals surface area contributed by atoms with Crippen LogP contribution in [0.15, 0.2) is 33.7 Å². The molecule has 0 aliphatic carbocycles. The van der Waals surface area contributed by atoms with Gasteiger partial charge in [-0.1, -0.05) is 0 Å². The number of aryl methyl sites for hydroxylation is 1. The van der Waals surface area contributed by atoms with E-state index in [0.717, 1.165) is 57.8 Å². The Kier molecular flexibility index (Phi) is 6.42. The Morgan fingerprint density at radius 1 is 1.27 bits per heavy atom. The zero-order chi connectivity index (χ0) is 20.9. The van der Waals surface area contributed by atoms with Gasteiger partial charge in [0.15, 0.2) is 0 Å². The number of nitrogens with one attached hydrogen (secondary N) is 2. The first kappa shape index (κ1) is 20.5. The Labute approximate surface area is 176 Å². The fourth-order valence-corrected chi connectivity index (χ4v) is 4.41. The van der Waals surface area contributed by atoms with Crippen LogP contribution >= 0.6 is 0 Å². The van der Waals surface area contributed by atoms with Crippen LogP contribution in [-0.2, 0) is 0 Å². The monoisotopic (exact) mass is 411 g/mol. The van der Waals surface area contributed by atoms with E-state index < -0.39 is 5.63 Å². The van der Waals surface area contributed by atoms with E-state index in [0.29, 0.717) is 17.9 Å². The van der Waals surface area contributed by atoms with Crippen molar-refractivity contribution in [2.45, 2.75) is 38.5 Å². The molecule has 2 saturated heterocycles. The lowest BCUT2D eigenvalue weighted by Gasteiger charge is -2.32. The first-order valence-corrected chi connectivity index (χ1v) is 10.8. The van der Waals surface area contributed by atoms with Crippen molar-refractivity contribution in [1.82, 2.24) is 20.6 Å². The summed E-state index contributed by atoms with van der Waals surface area (Å²) in [6.07, 6.45) is 7.40. The minimum Gasteiger partial charge on any atom is -0.427 e. The number of rotatable bonds is 5. The number of aromatic nitrogens is 2. The largest absolute Gasteiger partial charge is 0.427 e. The van der Waals surface area contributed by atoms with E-state index >= 15 is 0 Å². The molecule has 4 rings (SSSR count). The molecule has 1 unspecified atom stereocenters. The second kappa shape index (κ2) is 9.38. The highest BCUT2D eigenvalue weighted by atomic mass is 16.4. The molecule has 0 aromatic carbocycles. The van der Waals surface area contributed by atoms with E-state index in [1.54, 1.807) is 18.5 Å². The quantitative estimate of drug-likeness (QED) is 0.774. The minimum absolute atomic E-state index is 0.117. The molecule has 2 aliphatic rings. The molecule has 0 spiro atoms. The normalized spacial score (nSPS) is 20.2. The van der Waals surface area contributed by atoms with Crippen molar-refractivity contribution in [2.24, 2.45) is 5.92 Å². The molecular weight excluding hydrogens is 382 g/mol. The number of piperidine rings is 2. The highest BCUT2D eigenvalue weighted by Gasteiger charge is 2.25. The maximum Gasteiger partial charge on any atom is 0.349 e. The van der Waals surface area contributed by atoms with Gasteiger partial charge in [0.2, 0.25) is 5.95 Å². The van der Waals surface area contributed by atoms with Gasteiger partial charge in [0.25, 0.3) is 5.91 Å². The van der Waals surface area contributed by atoms with Gasteiger partial charge in [-0.05, 0) is 69.3 Å². The van der Waals surface area contributed by atoms with E-state index in [2.05, 4.69) is 25.5 Å². The molecule has 0 bridgehead atoms. The summed E-state index contributed by atoms with van der Waals surface area (Å²) in [5.74, 6) is 1.59. The van der Waals surface area contributed by atoms with Gasteiger partial charge in [0.1, 0.15) is 11.3 Å². The van der Waals surface area contributed by atoms with Gasteiger partial charge in [-0.15, -0.1) is 0 Å². The summed E-state index contributed by atoms with van der Waals surface area (Å²) in [4.78, 5) is 36.1. The molecule has 2 N–H and O–H groups in total. The SMILES string of the molecule is Cc1cc(C2CCNCC2)oc(=O)c1C(=O)NCC1CCCN(c2ncccn2)C1. The molecule has 2 aromatic rings. The third-order valence-corrected chi connectivity index (χ3v) is 6.04. The van der Waals surface area contributed by atoms with Gasteiger partial charge in [0.05, 0.1) is 0 Å². The lowest BCUT2D eigenvalue weighted by atomic mass is 9.94. The van der Waals surface area contributed by atoms with Crippen LogP contribution in [0.3, 0.4) is 0 Å². The van der Waals surface area contributed by atoms with Crippen LogP contribution in [0.25, 0.3) is 0 Å². The van der Waals surface area contributed by atoms with E-state index in [4.69, 9.17) is 4.42 Å². The number of anilines is 1. The third-order valence-electron chi connectivity index (χ3n) is 6.04. The highest BCUT2D eigenvalue weighted by molar-refractivity contribution is 5.95. The summed E-state index contributed by atoms with van der Waals surface area (Å²) < 4.78 is 5.55. The lowest BCUT2D eigenvalue weighted by Crippen LogP contribution is -2.42. The fourth-order valence-electron chi connectivity index (χ4n) is 4.41. The van der Waals surface area contributed by atoms with E-state index in [-0.39, 0.29) is 23.3 Å². The van der Waals surface area contributed by atoms with Crippen LogP contribution in [0.5, 0.6) is 0 Å². The van der Waals surface area contributed by atoms with Crippen molar-refractivity contribution in [1.29, 1.82) is 0 Å². The molecule has 2 fully saturated rings. The van der Waals surface area contributed by atoms with Gasteiger partial charge in [0, 0.05) is 37.9 Å². The van der Waals surface area contributed by atoms with Crippen LogP contribution in [0, 0.1) is 12.8 Å². The maximum absolute atomic E-state index is 12.7. The Morgan fingerprint density at radius 2 is 2.03 bits per heavy atom. The molecule has 0 saturated carbocycles.